The number of aliphatic hydroxyl groups excluding tert-OH is 3. The van der Waals surface area contributed by atoms with Gasteiger partial charge < -0.3 is 39.4 Å². The maximum Gasteiger partial charge on any atom is 0.311 e. The second kappa shape index (κ2) is 27.8. The third kappa shape index (κ3) is 16.6. The molecule has 8 rings (SSSR count). The highest BCUT2D eigenvalue weighted by Crippen LogP contribution is 2.61. The summed E-state index contributed by atoms with van der Waals surface area (Å²) in [4.78, 5) is 11.5. The summed E-state index contributed by atoms with van der Waals surface area (Å²) >= 11 is 0. The van der Waals surface area contributed by atoms with Crippen LogP contribution < -0.4 is 0 Å². The van der Waals surface area contributed by atoms with E-state index in [0.717, 1.165) is 68.4 Å². The molecule has 8 aliphatic carbocycles. The van der Waals surface area contributed by atoms with Crippen LogP contribution in [0.1, 0.15) is 220 Å². The van der Waals surface area contributed by atoms with Gasteiger partial charge in [0.1, 0.15) is 17.8 Å². The van der Waals surface area contributed by atoms with E-state index < -0.39 is 43.6 Å². The van der Waals surface area contributed by atoms with Gasteiger partial charge in [0.15, 0.2) is 8.32 Å². The average Bonchev–Trinajstić information content (AvgIpc) is 2.02. The minimum Gasteiger partial charge on any atom is -0.481 e. The Labute approximate surface area is 513 Å². The lowest BCUT2D eigenvalue weighted by Gasteiger charge is -2.46. The monoisotopic (exact) mass is 1180 g/mol. The molecule has 0 aliphatic heterocycles. The van der Waals surface area contributed by atoms with Crippen LogP contribution in [0.5, 0.6) is 0 Å². The molecule has 0 heterocycles. The van der Waals surface area contributed by atoms with Crippen molar-refractivity contribution >= 4 is 14.3 Å². The Morgan fingerprint density at radius 3 is 1.64 bits per heavy atom. The molecule has 8 aliphatic rings. The zero-order valence-corrected chi connectivity index (χ0v) is 54.9. The number of hydrogen-bond acceptors (Lipinski definition) is 8. The number of allylic oxidation sites excluding steroid dienone is 6. The number of rotatable bonds is 16. The van der Waals surface area contributed by atoms with Crippen LogP contribution in [0.15, 0.2) is 70.9 Å². The third-order valence-electron chi connectivity index (χ3n) is 22.2. The fraction of sp³-hybridized carbons (Fsp3) is 0.770. The molecule has 10 heteroatoms. The highest BCUT2D eigenvalue weighted by molar-refractivity contribution is 6.74. The molecule has 0 radical (unpaired) electrons. The van der Waals surface area contributed by atoms with Crippen molar-refractivity contribution in [2.24, 2.45) is 68.5 Å². The molecule has 0 aromatic rings. The molecule has 84 heavy (non-hydrogen) atoms. The molecule has 0 amide bonds. The normalized spacial score (nSPS) is 35.2. The molecule has 5 N–H and O–H groups in total. The lowest BCUT2D eigenvalue weighted by Crippen LogP contribution is -2.52. The van der Waals surface area contributed by atoms with Crippen molar-refractivity contribution in [3.63, 3.8) is 0 Å². The van der Waals surface area contributed by atoms with Gasteiger partial charge in [-0.05, 0) is 224 Å². The summed E-state index contributed by atoms with van der Waals surface area (Å²) in [6, 6.07) is 0. The van der Waals surface area contributed by atoms with E-state index in [-0.39, 0.29) is 61.6 Å². The number of fused-ring (bicyclic) bond motifs is 2. The molecule has 0 bridgehead atoms. The Kier molecular flexibility index (Phi) is 23.7. The van der Waals surface area contributed by atoms with Crippen molar-refractivity contribution in [3.05, 3.63) is 70.9 Å². The Morgan fingerprint density at radius 2 is 1.20 bits per heavy atom. The van der Waals surface area contributed by atoms with Crippen LogP contribution in [0.4, 0.5) is 0 Å². The quantitative estimate of drug-likeness (QED) is 0.0753. The minimum absolute atomic E-state index is 0. The second-order valence-electron chi connectivity index (χ2n) is 31.4. The predicted octanol–water partition coefficient (Wildman–Crippen LogP) is 16.3. The highest BCUT2D eigenvalue weighted by atomic mass is 28.4. The highest BCUT2D eigenvalue weighted by Gasteiger charge is 2.54. The van der Waals surface area contributed by atoms with Gasteiger partial charge in [0.25, 0.3) is 0 Å². The number of carbonyl (C=O) groups is 1. The lowest BCUT2D eigenvalue weighted by atomic mass is 9.61. The van der Waals surface area contributed by atoms with E-state index in [1.165, 1.54) is 56.1 Å². The fourth-order valence-corrected chi connectivity index (χ4v) is 16.7. The summed E-state index contributed by atoms with van der Waals surface area (Å²) in [5.41, 5.74) is 5.73. The van der Waals surface area contributed by atoms with E-state index in [2.05, 4.69) is 138 Å². The third-order valence-corrected chi connectivity index (χ3v) is 26.6. The topological polar surface area (TPSA) is 146 Å². The van der Waals surface area contributed by atoms with E-state index in [0.29, 0.717) is 72.4 Å². The first-order valence-corrected chi connectivity index (χ1v) is 35.0. The van der Waals surface area contributed by atoms with Gasteiger partial charge in [0.2, 0.25) is 0 Å². The number of hydrogen-bond donors (Lipinski definition) is 5. The van der Waals surface area contributed by atoms with E-state index in [1.54, 1.807) is 19.4 Å². The van der Waals surface area contributed by atoms with Crippen molar-refractivity contribution in [1.82, 2.24) is 0 Å². The summed E-state index contributed by atoms with van der Waals surface area (Å²) in [6.45, 7) is 43.4. The first kappa shape index (κ1) is 71.7. The van der Waals surface area contributed by atoms with E-state index in [9.17, 15) is 30.3 Å². The molecule has 474 valence electrons. The van der Waals surface area contributed by atoms with Crippen molar-refractivity contribution in [1.29, 1.82) is 0 Å². The summed E-state index contributed by atoms with van der Waals surface area (Å²) in [7, 11) is -2.07. The van der Waals surface area contributed by atoms with Gasteiger partial charge in [-0.3, -0.25) is 4.79 Å². The predicted molar refractivity (Wildman–Crippen MR) is 349 cm³/mol. The van der Waals surface area contributed by atoms with Gasteiger partial charge in [-0.2, -0.15) is 0 Å². The maximum atomic E-state index is 11.5. The number of aliphatic hydroxyl groups is 4. The maximum absolute atomic E-state index is 11.5. The number of carboxylic acid groups (broad SMARTS) is 1. The zero-order chi connectivity index (χ0) is 60.6. The van der Waals surface area contributed by atoms with Crippen molar-refractivity contribution in [3.8, 4) is 23.7 Å². The van der Waals surface area contributed by atoms with Crippen LogP contribution in [-0.4, -0.2) is 95.8 Å². The molecule has 0 spiro atoms. The number of ether oxygens (including phenoxy) is 2. The van der Waals surface area contributed by atoms with Crippen LogP contribution in [0.2, 0.25) is 18.1 Å². The van der Waals surface area contributed by atoms with Crippen molar-refractivity contribution < 1.29 is 44.2 Å². The van der Waals surface area contributed by atoms with Gasteiger partial charge in [-0.1, -0.05) is 131 Å². The minimum atomic E-state index is -2.07. The summed E-state index contributed by atoms with van der Waals surface area (Å²) in [5, 5.41) is 51.0. The van der Waals surface area contributed by atoms with Crippen molar-refractivity contribution in [2.75, 3.05) is 19.8 Å². The molecule has 2 unspecified atom stereocenters. The summed E-state index contributed by atoms with van der Waals surface area (Å²) in [6.07, 6.45) is 24.7. The van der Waals surface area contributed by atoms with Gasteiger partial charge in [-0.25, -0.2) is 0 Å². The van der Waals surface area contributed by atoms with Crippen LogP contribution in [0, 0.1) is 92.2 Å². The molecule has 0 saturated heterocycles. The molecule has 14 atom stereocenters. The van der Waals surface area contributed by atoms with Crippen molar-refractivity contribution in [2.45, 2.75) is 275 Å². The van der Waals surface area contributed by atoms with Gasteiger partial charge in [0.05, 0.1) is 43.5 Å². The Balaban J connectivity index is 0.000000303. The first-order valence-electron chi connectivity index (χ1n) is 32.1. The Bertz CT molecular complexity index is 2570. The van der Waals surface area contributed by atoms with Gasteiger partial charge in [-0.15, -0.1) is 11.8 Å². The summed E-state index contributed by atoms with van der Waals surface area (Å²) in [5.74, 6) is 16.3. The molecular weight excluding hydrogens is 1060 g/mol. The van der Waals surface area contributed by atoms with E-state index in [4.69, 9.17) is 20.5 Å². The number of carboxylic acids is 1. The molecule has 8 saturated carbocycles. The molecule has 0 aromatic carbocycles. The molecule has 0 aromatic heterocycles. The SMILES string of the molecule is C.C.C=C1/C(=C\C=C2/CCC[C@@]3(C)C2CC[C@@H]3[C@H](C)CC#CC(C)(C)C)C[C@@H](C)[C@H](OCC2(CO)CC2)[C@@H]1O[Si](C)(C)C(C)(C)C.C=C1/C(=C\C=C2/CCC[C@@]3(C)C2CC[C@@H]3[C@H](C)CC#CC(C)(C)O)C[C@@H](O)[C@H](OCC2(C(=O)O)CC2)[C@@H]1O. The standard InChI is InChI=1S/C40H66O3Si.C32H46O6.2CH4/c1-28(15-13-21-37(4,5)6)33-19-20-34-31(16-14-22-39(33,34)10)17-18-32-25-29(2)35(42-27-40(26-41)23-24-40)36(30(32)3)43-44(11,12)38(7,8)9;1-20(8-6-14-30(3,4)37)24-12-13-25-22(9-7-15-31(24,25)5)10-11-23-18-26(33)28(27(34)21(23)2)38-19-32(16-17-32)29(35)36;;/h17-18,28-29,33-36,41H,3,14-16,19-20,22-27H2,1-2,4-12H3;10-11,20,24-28,33-34,37H,2,7-9,12-13,15-19H2,1,3-5H3,(H,35,36);2*1H4/b31-17+,32-18-;22-10+,23-11-;;/t28-,29-,33-,34?,35+,36-,39-;20-,24-,25?,26-,27-,28+,31-;;/m11../s1. The summed E-state index contributed by atoms with van der Waals surface area (Å²) < 4.78 is 19.6. The molecular formula is C74H120O9Si. The zero-order valence-electron chi connectivity index (χ0n) is 53.9. The lowest BCUT2D eigenvalue weighted by molar-refractivity contribution is -0.152. The smallest absolute Gasteiger partial charge is 0.311 e. The van der Waals surface area contributed by atoms with Gasteiger partial charge >= 0.3 is 5.97 Å². The number of aliphatic carboxylic acids is 1. The largest absolute Gasteiger partial charge is 0.481 e. The first-order chi connectivity index (χ1) is 38.1. The second-order valence-corrected chi connectivity index (χ2v) is 36.1. The van der Waals surface area contributed by atoms with Crippen LogP contribution >= 0.6 is 0 Å². The van der Waals surface area contributed by atoms with Gasteiger partial charge in [0, 0.05) is 30.1 Å². The van der Waals surface area contributed by atoms with Crippen LogP contribution in [0.3, 0.4) is 0 Å². The van der Waals surface area contributed by atoms with Crippen LogP contribution in [-0.2, 0) is 18.7 Å². The van der Waals surface area contributed by atoms with E-state index >= 15 is 0 Å². The molecule has 8 fully saturated rings. The average molecular weight is 1180 g/mol. The Morgan fingerprint density at radius 1 is 0.714 bits per heavy atom. The van der Waals surface area contributed by atoms with E-state index in [1.807, 2.05) is 6.08 Å². The molecule has 9 nitrogen and oxygen atoms in total. The Hall–Kier alpha value is -3.03. The fourth-order valence-electron chi connectivity index (χ4n) is 15.4. The van der Waals surface area contributed by atoms with Crippen LogP contribution in [0.25, 0.3) is 0 Å².